The molecule has 1 aliphatic rings. The van der Waals surface area contributed by atoms with Gasteiger partial charge in [-0.05, 0) is 50.3 Å². The summed E-state index contributed by atoms with van der Waals surface area (Å²) in [6.45, 7) is 1.70. The Morgan fingerprint density at radius 2 is 2.00 bits per heavy atom. The van der Waals surface area contributed by atoms with Crippen LogP contribution in [0.4, 0.5) is 4.39 Å². The van der Waals surface area contributed by atoms with Crippen LogP contribution in [-0.4, -0.2) is 28.1 Å². The number of aromatic nitrogens is 1. The molecule has 0 spiro atoms. The Morgan fingerprint density at radius 3 is 2.70 bits per heavy atom. The molecule has 0 atom stereocenters. The Kier molecular flexibility index (Phi) is 4.17. The Morgan fingerprint density at radius 1 is 1.30 bits per heavy atom. The zero-order valence-corrected chi connectivity index (χ0v) is 12.9. The van der Waals surface area contributed by atoms with Crippen molar-refractivity contribution in [3.05, 3.63) is 45.5 Å². The van der Waals surface area contributed by atoms with Gasteiger partial charge in [0.2, 0.25) is 5.43 Å². The number of pyridine rings is 1. The van der Waals surface area contributed by atoms with E-state index in [1.54, 1.807) is 6.92 Å². The van der Waals surface area contributed by atoms with E-state index in [0.717, 1.165) is 6.07 Å². The number of hydrogen-bond acceptors (Lipinski definition) is 3. The summed E-state index contributed by atoms with van der Waals surface area (Å²) in [7, 11) is 0. The second-order valence-electron chi connectivity index (χ2n) is 6.16. The van der Waals surface area contributed by atoms with Crippen molar-refractivity contribution in [2.24, 2.45) is 0 Å². The molecule has 1 heterocycles. The molecule has 3 rings (SSSR count). The quantitative estimate of drug-likeness (QED) is 0.792. The Hall–Kier alpha value is -2.21. The van der Waals surface area contributed by atoms with E-state index in [-0.39, 0.29) is 23.1 Å². The minimum atomic E-state index is -0.501. The number of nitrogens with one attached hydrogen (secondary N) is 2. The third kappa shape index (κ3) is 3.12. The maximum atomic E-state index is 13.5. The first-order valence-electron chi connectivity index (χ1n) is 7.76. The monoisotopic (exact) mass is 318 g/mol. The first kappa shape index (κ1) is 15.7. The highest BCUT2D eigenvalue weighted by atomic mass is 19.1. The van der Waals surface area contributed by atoms with Gasteiger partial charge in [0.25, 0.3) is 5.91 Å². The second kappa shape index (κ2) is 6.12. The number of halogens is 1. The lowest BCUT2D eigenvalue weighted by atomic mass is 9.93. The van der Waals surface area contributed by atoms with Crippen molar-refractivity contribution in [1.29, 1.82) is 0 Å². The van der Waals surface area contributed by atoms with Gasteiger partial charge in [-0.2, -0.15) is 0 Å². The number of fused-ring (bicyclic) bond motifs is 1. The summed E-state index contributed by atoms with van der Waals surface area (Å²) >= 11 is 0. The molecule has 3 N–H and O–H groups in total. The second-order valence-corrected chi connectivity index (χ2v) is 6.16. The lowest BCUT2D eigenvalue weighted by molar-refractivity contribution is 0.0866. The van der Waals surface area contributed by atoms with E-state index in [1.807, 2.05) is 0 Å². The van der Waals surface area contributed by atoms with E-state index < -0.39 is 17.2 Å². The predicted octanol–water partition coefficient (Wildman–Crippen LogP) is 2.01. The Bertz CT molecular complexity index is 807. The summed E-state index contributed by atoms with van der Waals surface area (Å²) in [6.07, 6.45) is 3.73. The number of benzene rings is 1. The molecular formula is C17H19FN2O3. The van der Waals surface area contributed by atoms with Gasteiger partial charge in [0.05, 0.1) is 11.6 Å². The SMILES string of the molecule is Cc1cc(F)cc2c(=O)c(C(=O)NC3CCC(O)CC3)c[nH]c12. The van der Waals surface area contributed by atoms with Gasteiger partial charge in [0.15, 0.2) is 0 Å². The highest BCUT2D eigenvalue weighted by molar-refractivity contribution is 5.97. The Labute approximate surface area is 132 Å². The first-order chi connectivity index (χ1) is 11.0. The fourth-order valence-corrected chi connectivity index (χ4v) is 3.12. The zero-order chi connectivity index (χ0) is 16.6. The molecule has 23 heavy (non-hydrogen) atoms. The standard InChI is InChI=1S/C17H19FN2O3/c1-9-6-10(18)7-13-15(9)19-8-14(16(13)22)17(23)20-11-2-4-12(21)5-3-11/h6-8,11-12,21H,2-5H2,1H3,(H,19,22)(H,20,23). The third-order valence-electron chi connectivity index (χ3n) is 4.43. The molecule has 0 unspecified atom stereocenters. The van der Waals surface area contributed by atoms with Crippen LogP contribution >= 0.6 is 0 Å². The van der Waals surface area contributed by atoms with Gasteiger partial charge < -0.3 is 15.4 Å². The molecule has 1 saturated carbocycles. The third-order valence-corrected chi connectivity index (χ3v) is 4.43. The van der Waals surface area contributed by atoms with Crippen molar-refractivity contribution in [2.75, 3.05) is 0 Å². The van der Waals surface area contributed by atoms with E-state index in [9.17, 15) is 19.1 Å². The van der Waals surface area contributed by atoms with Gasteiger partial charge >= 0.3 is 0 Å². The molecule has 1 aliphatic carbocycles. The molecule has 5 nitrogen and oxygen atoms in total. The number of amides is 1. The Balaban J connectivity index is 1.89. The zero-order valence-electron chi connectivity index (χ0n) is 12.9. The van der Waals surface area contributed by atoms with Gasteiger partial charge in [-0.15, -0.1) is 0 Å². The minimum absolute atomic E-state index is 0.0198. The molecule has 1 aromatic carbocycles. The number of aryl methyl sites for hydroxylation is 1. The van der Waals surface area contributed by atoms with Crippen LogP contribution in [-0.2, 0) is 0 Å². The van der Waals surface area contributed by atoms with Crippen molar-refractivity contribution in [2.45, 2.75) is 44.8 Å². The predicted molar refractivity (Wildman–Crippen MR) is 85.0 cm³/mol. The molecule has 2 aromatic rings. The normalized spacial score (nSPS) is 21.3. The number of aliphatic hydroxyl groups excluding tert-OH is 1. The molecule has 1 aromatic heterocycles. The van der Waals surface area contributed by atoms with Crippen molar-refractivity contribution in [3.63, 3.8) is 0 Å². The molecule has 0 aliphatic heterocycles. The van der Waals surface area contributed by atoms with E-state index in [2.05, 4.69) is 10.3 Å². The van der Waals surface area contributed by atoms with Crippen LogP contribution in [0.2, 0.25) is 0 Å². The van der Waals surface area contributed by atoms with Gasteiger partial charge in [-0.25, -0.2) is 4.39 Å². The largest absolute Gasteiger partial charge is 0.393 e. The van der Waals surface area contributed by atoms with E-state index >= 15 is 0 Å². The molecule has 1 fully saturated rings. The van der Waals surface area contributed by atoms with Crippen LogP contribution in [0.3, 0.4) is 0 Å². The minimum Gasteiger partial charge on any atom is -0.393 e. The highest BCUT2D eigenvalue weighted by Crippen LogP contribution is 2.19. The highest BCUT2D eigenvalue weighted by Gasteiger charge is 2.22. The molecule has 6 heteroatoms. The van der Waals surface area contributed by atoms with Crippen LogP contribution < -0.4 is 10.7 Å². The summed E-state index contributed by atoms with van der Waals surface area (Å²) in [5.41, 5.74) is 0.655. The number of H-pyrrole nitrogens is 1. The van der Waals surface area contributed by atoms with E-state index in [4.69, 9.17) is 0 Å². The lowest BCUT2D eigenvalue weighted by Crippen LogP contribution is -2.40. The lowest BCUT2D eigenvalue weighted by Gasteiger charge is -2.26. The summed E-state index contributed by atoms with van der Waals surface area (Å²) < 4.78 is 13.5. The van der Waals surface area contributed by atoms with Crippen LogP contribution in [0.5, 0.6) is 0 Å². The molecule has 1 amide bonds. The summed E-state index contributed by atoms with van der Waals surface area (Å²) in [6, 6.07) is 2.44. The van der Waals surface area contributed by atoms with Crippen molar-refractivity contribution < 1.29 is 14.3 Å². The molecule has 0 bridgehead atoms. The van der Waals surface area contributed by atoms with Crippen molar-refractivity contribution in [3.8, 4) is 0 Å². The van der Waals surface area contributed by atoms with Crippen molar-refractivity contribution in [1.82, 2.24) is 10.3 Å². The average molecular weight is 318 g/mol. The van der Waals surface area contributed by atoms with Crippen LogP contribution in [0, 0.1) is 12.7 Å². The smallest absolute Gasteiger partial charge is 0.256 e. The first-order valence-corrected chi connectivity index (χ1v) is 7.76. The van der Waals surface area contributed by atoms with Crippen molar-refractivity contribution >= 4 is 16.8 Å². The number of carbonyl (C=O) groups is 1. The van der Waals surface area contributed by atoms with E-state index in [1.165, 1.54) is 12.3 Å². The fourth-order valence-electron chi connectivity index (χ4n) is 3.12. The number of carbonyl (C=O) groups excluding carboxylic acids is 1. The maximum absolute atomic E-state index is 13.5. The molecule has 0 radical (unpaired) electrons. The van der Waals surface area contributed by atoms with Gasteiger partial charge in [0.1, 0.15) is 11.4 Å². The molecular weight excluding hydrogens is 299 g/mol. The van der Waals surface area contributed by atoms with Crippen LogP contribution in [0.15, 0.2) is 23.1 Å². The van der Waals surface area contributed by atoms with Gasteiger partial charge in [0, 0.05) is 17.6 Å². The number of aromatic amines is 1. The molecule has 122 valence electrons. The topological polar surface area (TPSA) is 82.2 Å². The summed E-state index contributed by atoms with van der Waals surface area (Å²) in [5.74, 6) is -0.962. The van der Waals surface area contributed by atoms with Crippen LogP contribution in [0.25, 0.3) is 10.9 Å². The van der Waals surface area contributed by atoms with Gasteiger partial charge in [-0.1, -0.05) is 0 Å². The number of aliphatic hydroxyl groups is 1. The van der Waals surface area contributed by atoms with Gasteiger partial charge in [-0.3, -0.25) is 9.59 Å². The average Bonchev–Trinajstić information content (AvgIpc) is 2.50. The maximum Gasteiger partial charge on any atom is 0.256 e. The van der Waals surface area contributed by atoms with Crippen LogP contribution in [0.1, 0.15) is 41.6 Å². The number of hydrogen-bond donors (Lipinski definition) is 3. The number of rotatable bonds is 2. The summed E-state index contributed by atoms with van der Waals surface area (Å²) in [5, 5.41) is 12.5. The molecule has 0 saturated heterocycles. The van der Waals surface area contributed by atoms with E-state index in [0.29, 0.717) is 36.8 Å². The summed E-state index contributed by atoms with van der Waals surface area (Å²) in [4.78, 5) is 27.7. The fraction of sp³-hybridized carbons (Fsp3) is 0.412.